The third-order valence-electron chi connectivity index (χ3n) is 6.70. The minimum absolute atomic E-state index is 0.237. The number of carbonyl (C=O) groups is 1. The summed E-state index contributed by atoms with van der Waals surface area (Å²) >= 11 is 0. The van der Waals surface area contributed by atoms with Gasteiger partial charge in [-0.15, -0.1) is 0 Å². The Hall–Kier alpha value is -4.13. The highest BCUT2D eigenvalue weighted by atomic mass is 16.5. The van der Waals surface area contributed by atoms with Gasteiger partial charge >= 0.3 is 5.63 Å². The van der Waals surface area contributed by atoms with Crippen molar-refractivity contribution in [2.24, 2.45) is 0 Å². The van der Waals surface area contributed by atoms with E-state index in [4.69, 9.17) is 13.9 Å². The number of rotatable bonds is 6. The number of amides is 1. The number of nitrogens with zero attached hydrogens (tertiary/aromatic N) is 1. The molecule has 0 saturated carbocycles. The van der Waals surface area contributed by atoms with Crippen molar-refractivity contribution in [1.82, 2.24) is 4.98 Å². The Bertz CT molecular complexity index is 1540. The SMILES string of the molecule is Cc1ccnc(NC(=O)COc2cc3c(c4oc(=O)c(Cc5ccccc5)c(C)c24)CCC(C)(C)O3)c1. The quantitative estimate of drug-likeness (QED) is 0.352. The number of carbonyl (C=O) groups excluding carboxylic acids is 1. The zero-order valence-corrected chi connectivity index (χ0v) is 21.5. The summed E-state index contributed by atoms with van der Waals surface area (Å²) in [5.74, 6) is 1.17. The summed E-state index contributed by atoms with van der Waals surface area (Å²) in [6.45, 7) is 7.64. The molecule has 0 spiro atoms. The molecule has 2 aromatic heterocycles. The predicted octanol–water partition coefficient (Wildman–Crippen LogP) is 5.52. The second-order valence-corrected chi connectivity index (χ2v) is 10.1. The Labute approximate surface area is 215 Å². The van der Waals surface area contributed by atoms with Crippen molar-refractivity contribution < 1.29 is 18.7 Å². The number of nitrogens with one attached hydrogen (secondary N) is 1. The molecule has 7 nitrogen and oxygen atoms in total. The lowest BCUT2D eigenvalue weighted by atomic mass is 9.91. The van der Waals surface area contributed by atoms with Gasteiger partial charge in [0, 0.05) is 29.8 Å². The fourth-order valence-corrected chi connectivity index (χ4v) is 4.73. The minimum atomic E-state index is -0.374. The van der Waals surface area contributed by atoms with Crippen LogP contribution in [-0.4, -0.2) is 23.1 Å². The molecule has 37 heavy (non-hydrogen) atoms. The number of hydrogen-bond acceptors (Lipinski definition) is 6. The lowest BCUT2D eigenvalue weighted by Gasteiger charge is -2.33. The second kappa shape index (κ2) is 9.73. The van der Waals surface area contributed by atoms with E-state index in [0.29, 0.717) is 46.7 Å². The van der Waals surface area contributed by atoms with Crippen molar-refractivity contribution in [3.8, 4) is 11.5 Å². The lowest BCUT2D eigenvalue weighted by Crippen LogP contribution is -2.32. The molecule has 1 amide bonds. The van der Waals surface area contributed by atoms with Crippen LogP contribution in [0.5, 0.6) is 11.5 Å². The molecule has 0 unspecified atom stereocenters. The fraction of sp³-hybridized carbons (Fsp3) is 0.300. The third-order valence-corrected chi connectivity index (χ3v) is 6.70. The van der Waals surface area contributed by atoms with Crippen LogP contribution in [0.3, 0.4) is 0 Å². The Kier molecular flexibility index (Phi) is 6.46. The van der Waals surface area contributed by atoms with E-state index >= 15 is 0 Å². The monoisotopic (exact) mass is 498 g/mol. The summed E-state index contributed by atoms with van der Waals surface area (Å²) in [7, 11) is 0. The number of fused-ring (bicyclic) bond motifs is 3. The summed E-state index contributed by atoms with van der Waals surface area (Å²) < 4.78 is 18.2. The van der Waals surface area contributed by atoms with Crippen LogP contribution in [0.15, 0.2) is 63.9 Å². The Morgan fingerprint density at radius 3 is 2.68 bits per heavy atom. The number of aryl methyl sites for hydroxylation is 3. The number of benzene rings is 2. The molecule has 4 aromatic rings. The molecule has 2 aromatic carbocycles. The molecule has 1 N–H and O–H groups in total. The average Bonchev–Trinajstić information content (AvgIpc) is 2.85. The number of ether oxygens (including phenoxy) is 2. The van der Waals surface area contributed by atoms with Gasteiger partial charge in [0.05, 0.1) is 5.39 Å². The van der Waals surface area contributed by atoms with Crippen molar-refractivity contribution in [1.29, 1.82) is 0 Å². The maximum Gasteiger partial charge on any atom is 0.340 e. The Balaban J connectivity index is 1.55. The van der Waals surface area contributed by atoms with Gasteiger partial charge in [0.1, 0.15) is 28.5 Å². The first-order valence-electron chi connectivity index (χ1n) is 12.4. The zero-order valence-electron chi connectivity index (χ0n) is 21.5. The van der Waals surface area contributed by atoms with Gasteiger partial charge in [0.2, 0.25) is 0 Å². The summed E-state index contributed by atoms with van der Waals surface area (Å²) in [5.41, 5.74) is 3.91. The maximum atomic E-state index is 13.2. The van der Waals surface area contributed by atoms with Gasteiger partial charge in [-0.05, 0) is 69.4 Å². The molecule has 3 heterocycles. The third kappa shape index (κ3) is 5.21. The van der Waals surface area contributed by atoms with E-state index in [-0.39, 0.29) is 23.7 Å². The Morgan fingerprint density at radius 2 is 1.92 bits per heavy atom. The molecule has 0 radical (unpaired) electrons. The second-order valence-electron chi connectivity index (χ2n) is 10.1. The first-order chi connectivity index (χ1) is 17.7. The van der Waals surface area contributed by atoms with E-state index in [1.54, 1.807) is 12.3 Å². The van der Waals surface area contributed by atoms with Crippen LogP contribution >= 0.6 is 0 Å². The van der Waals surface area contributed by atoms with Gasteiger partial charge in [-0.2, -0.15) is 0 Å². The number of pyridine rings is 1. The van der Waals surface area contributed by atoms with Crippen molar-refractivity contribution in [2.45, 2.75) is 52.6 Å². The average molecular weight is 499 g/mol. The van der Waals surface area contributed by atoms with Crippen LogP contribution in [0.25, 0.3) is 11.0 Å². The molecule has 0 bridgehead atoms. The van der Waals surface area contributed by atoms with Crippen LogP contribution in [0.2, 0.25) is 0 Å². The van der Waals surface area contributed by atoms with Crippen LogP contribution < -0.4 is 20.4 Å². The molecule has 7 heteroatoms. The highest BCUT2D eigenvalue weighted by Crippen LogP contribution is 2.43. The molecule has 190 valence electrons. The van der Waals surface area contributed by atoms with E-state index in [9.17, 15) is 9.59 Å². The molecule has 0 aliphatic carbocycles. The molecular weight excluding hydrogens is 468 g/mol. The number of aromatic nitrogens is 1. The number of anilines is 1. The highest BCUT2D eigenvalue weighted by molar-refractivity contribution is 5.94. The molecule has 5 rings (SSSR count). The smallest absolute Gasteiger partial charge is 0.340 e. The van der Waals surface area contributed by atoms with Gasteiger partial charge in [0.15, 0.2) is 6.61 Å². The molecule has 1 aliphatic rings. The topological polar surface area (TPSA) is 90.7 Å². The van der Waals surface area contributed by atoms with E-state index < -0.39 is 0 Å². The van der Waals surface area contributed by atoms with E-state index in [0.717, 1.165) is 28.7 Å². The normalized spacial score (nSPS) is 14.1. The highest BCUT2D eigenvalue weighted by Gasteiger charge is 2.31. The summed E-state index contributed by atoms with van der Waals surface area (Å²) in [6, 6.07) is 15.2. The van der Waals surface area contributed by atoms with Gasteiger partial charge in [-0.1, -0.05) is 30.3 Å². The van der Waals surface area contributed by atoms with Crippen LogP contribution in [0.4, 0.5) is 5.82 Å². The minimum Gasteiger partial charge on any atom is -0.487 e. The van der Waals surface area contributed by atoms with E-state index in [1.807, 2.05) is 70.2 Å². The van der Waals surface area contributed by atoms with Crippen LogP contribution in [-0.2, 0) is 17.6 Å². The number of hydrogen-bond donors (Lipinski definition) is 1. The van der Waals surface area contributed by atoms with Crippen molar-refractivity contribution in [3.63, 3.8) is 0 Å². The standard InChI is InChI=1S/C30H30N2O5/c1-18-11-13-31-25(14-18)32-26(33)17-35-24-16-23-21(10-12-30(3,4)37-23)28-27(24)19(2)22(29(34)36-28)15-20-8-6-5-7-9-20/h5-9,11,13-14,16H,10,12,15,17H2,1-4H3,(H,31,32,33). The molecular formula is C30H30N2O5. The van der Waals surface area contributed by atoms with Crippen molar-refractivity contribution in [3.05, 3.63) is 93.0 Å². The predicted molar refractivity (Wildman–Crippen MR) is 143 cm³/mol. The van der Waals surface area contributed by atoms with Crippen molar-refractivity contribution in [2.75, 3.05) is 11.9 Å². The first kappa shape index (κ1) is 24.6. The summed E-state index contributed by atoms with van der Waals surface area (Å²) in [5, 5.41) is 3.45. The molecule has 0 saturated heterocycles. The zero-order chi connectivity index (χ0) is 26.2. The van der Waals surface area contributed by atoms with Crippen LogP contribution in [0, 0.1) is 13.8 Å². The summed E-state index contributed by atoms with van der Waals surface area (Å²) in [6.07, 6.45) is 3.57. The van der Waals surface area contributed by atoms with Gasteiger partial charge < -0.3 is 19.2 Å². The van der Waals surface area contributed by atoms with Gasteiger partial charge in [-0.3, -0.25) is 4.79 Å². The maximum absolute atomic E-state index is 13.2. The van der Waals surface area contributed by atoms with E-state index in [1.165, 1.54) is 0 Å². The van der Waals surface area contributed by atoms with E-state index in [2.05, 4.69) is 10.3 Å². The fourth-order valence-electron chi connectivity index (χ4n) is 4.73. The van der Waals surface area contributed by atoms with Gasteiger partial charge in [-0.25, -0.2) is 9.78 Å². The first-order valence-corrected chi connectivity index (χ1v) is 12.4. The molecule has 1 aliphatic heterocycles. The van der Waals surface area contributed by atoms with Crippen molar-refractivity contribution >= 4 is 22.7 Å². The van der Waals surface area contributed by atoms with Gasteiger partial charge in [0.25, 0.3) is 5.91 Å². The van der Waals surface area contributed by atoms with Crippen LogP contribution in [0.1, 0.15) is 48.1 Å². The molecule has 0 atom stereocenters. The Morgan fingerprint density at radius 1 is 1.14 bits per heavy atom. The lowest BCUT2D eigenvalue weighted by molar-refractivity contribution is -0.118. The largest absolute Gasteiger partial charge is 0.487 e. The summed E-state index contributed by atoms with van der Waals surface area (Å²) in [4.78, 5) is 30.0. The molecule has 0 fully saturated rings.